The van der Waals surface area contributed by atoms with Gasteiger partial charge in [0.15, 0.2) is 5.78 Å². The number of hydrogen-bond donors (Lipinski definition) is 2. The Bertz CT molecular complexity index is 739. The number of carboxylic acid groups (broad SMARTS) is 1. The maximum atomic E-state index is 12.7. The van der Waals surface area contributed by atoms with Crippen LogP contribution >= 0.6 is 11.6 Å². The number of rotatable bonds is 7. The van der Waals surface area contributed by atoms with E-state index in [4.69, 9.17) is 16.7 Å². The molecule has 6 nitrogen and oxygen atoms in total. The normalized spacial score (nSPS) is 16.4. The molecule has 0 aromatic heterocycles. The first-order valence-corrected chi connectivity index (χ1v) is 10.2. The molecule has 8 heteroatoms. The van der Waals surface area contributed by atoms with E-state index < -0.39 is 21.8 Å². The number of carbonyl (C=O) groups is 2. The van der Waals surface area contributed by atoms with Crippen molar-refractivity contribution in [2.24, 2.45) is 0 Å². The minimum absolute atomic E-state index is 0.0379. The molecule has 0 saturated heterocycles. The summed E-state index contributed by atoms with van der Waals surface area (Å²) in [5, 5.41) is 8.70. The van der Waals surface area contributed by atoms with E-state index in [0.717, 1.165) is 38.5 Å². The molecule has 0 amide bonds. The zero-order chi connectivity index (χ0) is 18.4. The van der Waals surface area contributed by atoms with Gasteiger partial charge in [-0.3, -0.25) is 9.59 Å². The minimum atomic E-state index is -3.84. The van der Waals surface area contributed by atoms with Crippen LogP contribution < -0.4 is 4.72 Å². The molecule has 2 N–H and O–H groups in total. The van der Waals surface area contributed by atoms with Crippen molar-refractivity contribution in [1.82, 2.24) is 4.72 Å². The lowest BCUT2D eigenvalue weighted by Crippen LogP contribution is -2.34. The summed E-state index contributed by atoms with van der Waals surface area (Å²) in [6.45, 7) is 0. The van der Waals surface area contributed by atoms with E-state index in [-0.39, 0.29) is 34.4 Å². The highest BCUT2D eigenvalue weighted by atomic mass is 35.5. The average molecular weight is 388 g/mol. The Kier molecular flexibility index (Phi) is 6.98. The third-order valence-electron chi connectivity index (χ3n) is 4.29. The Hall–Kier alpha value is -1.44. The van der Waals surface area contributed by atoms with Crippen LogP contribution in [-0.4, -0.2) is 31.3 Å². The molecule has 1 fully saturated rings. The van der Waals surface area contributed by atoms with Crippen LogP contribution in [0, 0.1) is 0 Å². The molecule has 1 saturated carbocycles. The highest BCUT2D eigenvalue weighted by Gasteiger charge is 2.24. The molecule has 1 aromatic rings. The topological polar surface area (TPSA) is 101 Å². The number of nitrogens with one attached hydrogen (secondary N) is 1. The maximum absolute atomic E-state index is 12.7. The van der Waals surface area contributed by atoms with Crippen LogP contribution in [-0.2, 0) is 14.8 Å². The molecule has 0 heterocycles. The SMILES string of the molecule is O=C(O)CCC(=O)c1ccc(Cl)c(S(=O)(=O)NC2CCCCCC2)c1. The fraction of sp³-hybridized carbons (Fsp3) is 0.529. The first-order valence-electron chi connectivity index (χ1n) is 8.36. The van der Waals surface area contributed by atoms with E-state index >= 15 is 0 Å². The van der Waals surface area contributed by atoms with Gasteiger partial charge in [0.2, 0.25) is 10.0 Å². The Morgan fingerprint density at radius 1 is 1.12 bits per heavy atom. The van der Waals surface area contributed by atoms with E-state index in [1.807, 2.05) is 0 Å². The van der Waals surface area contributed by atoms with E-state index in [1.54, 1.807) is 0 Å². The maximum Gasteiger partial charge on any atom is 0.303 e. The van der Waals surface area contributed by atoms with Gasteiger partial charge in [-0.25, -0.2) is 13.1 Å². The van der Waals surface area contributed by atoms with Crippen molar-refractivity contribution in [1.29, 1.82) is 0 Å². The molecule has 0 radical (unpaired) electrons. The van der Waals surface area contributed by atoms with Crippen LogP contribution in [0.25, 0.3) is 0 Å². The van der Waals surface area contributed by atoms with Gasteiger partial charge in [0.25, 0.3) is 0 Å². The predicted molar refractivity (Wildman–Crippen MR) is 94.5 cm³/mol. The minimum Gasteiger partial charge on any atom is -0.481 e. The molecule has 0 bridgehead atoms. The number of carbonyl (C=O) groups excluding carboxylic acids is 1. The molecule has 1 aromatic carbocycles. The first-order chi connectivity index (χ1) is 11.8. The highest BCUT2D eigenvalue weighted by molar-refractivity contribution is 7.89. The van der Waals surface area contributed by atoms with Gasteiger partial charge in [0.05, 0.1) is 11.4 Å². The van der Waals surface area contributed by atoms with Crippen molar-refractivity contribution in [3.8, 4) is 0 Å². The molecule has 25 heavy (non-hydrogen) atoms. The van der Waals surface area contributed by atoms with Crippen LogP contribution in [0.15, 0.2) is 23.1 Å². The van der Waals surface area contributed by atoms with Crippen LogP contribution in [0.5, 0.6) is 0 Å². The van der Waals surface area contributed by atoms with Crippen LogP contribution in [0.1, 0.15) is 61.7 Å². The number of ketones is 1. The summed E-state index contributed by atoms with van der Waals surface area (Å²) in [4.78, 5) is 22.5. The van der Waals surface area contributed by atoms with E-state index in [2.05, 4.69) is 4.72 Å². The smallest absolute Gasteiger partial charge is 0.303 e. The summed E-state index contributed by atoms with van der Waals surface area (Å²) in [6, 6.07) is 3.87. The van der Waals surface area contributed by atoms with Crippen molar-refractivity contribution >= 4 is 33.4 Å². The second-order valence-corrected chi connectivity index (χ2v) is 8.36. The number of halogens is 1. The number of benzene rings is 1. The third-order valence-corrected chi connectivity index (χ3v) is 6.29. The fourth-order valence-electron chi connectivity index (χ4n) is 2.93. The molecule has 0 spiro atoms. The fourth-order valence-corrected chi connectivity index (χ4v) is 4.76. The van der Waals surface area contributed by atoms with Gasteiger partial charge < -0.3 is 5.11 Å². The van der Waals surface area contributed by atoms with Gasteiger partial charge >= 0.3 is 5.97 Å². The first kappa shape index (κ1) is 19.9. The molecule has 0 unspecified atom stereocenters. The van der Waals surface area contributed by atoms with Gasteiger partial charge in [0, 0.05) is 18.0 Å². The van der Waals surface area contributed by atoms with Crippen LogP contribution in [0.2, 0.25) is 5.02 Å². The Balaban J connectivity index is 2.19. The summed E-state index contributed by atoms with van der Waals surface area (Å²) in [5.41, 5.74) is 0.145. The molecule has 2 rings (SSSR count). The summed E-state index contributed by atoms with van der Waals surface area (Å²) in [6.07, 6.45) is 5.25. The van der Waals surface area contributed by atoms with Gasteiger partial charge in [-0.15, -0.1) is 0 Å². The molecule has 0 aliphatic heterocycles. The number of hydrogen-bond acceptors (Lipinski definition) is 4. The number of carboxylic acids is 1. The van der Waals surface area contributed by atoms with E-state index in [9.17, 15) is 18.0 Å². The van der Waals surface area contributed by atoms with Crippen molar-refractivity contribution in [2.45, 2.75) is 62.3 Å². The third kappa shape index (κ3) is 5.80. The number of sulfonamides is 1. The summed E-state index contributed by atoms with van der Waals surface area (Å²) in [5.74, 6) is -1.50. The van der Waals surface area contributed by atoms with Crippen molar-refractivity contribution in [2.75, 3.05) is 0 Å². The zero-order valence-corrected chi connectivity index (χ0v) is 15.4. The number of Topliss-reactive ketones (excluding diaryl/α,β-unsaturated/α-hetero) is 1. The number of aliphatic carboxylic acids is 1. The molecule has 138 valence electrons. The van der Waals surface area contributed by atoms with Crippen LogP contribution in [0.4, 0.5) is 0 Å². The van der Waals surface area contributed by atoms with Gasteiger partial charge in [-0.2, -0.15) is 0 Å². The van der Waals surface area contributed by atoms with E-state index in [1.165, 1.54) is 18.2 Å². The summed E-state index contributed by atoms with van der Waals surface area (Å²) < 4.78 is 28.0. The van der Waals surface area contributed by atoms with Gasteiger partial charge in [-0.05, 0) is 31.0 Å². The average Bonchev–Trinajstić information content (AvgIpc) is 2.81. The Morgan fingerprint density at radius 2 is 1.76 bits per heavy atom. The molecule has 1 aliphatic carbocycles. The lowest BCUT2D eigenvalue weighted by atomic mass is 10.1. The summed E-state index contributed by atoms with van der Waals surface area (Å²) >= 11 is 6.04. The highest BCUT2D eigenvalue weighted by Crippen LogP contribution is 2.25. The van der Waals surface area contributed by atoms with Crippen LogP contribution in [0.3, 0.4) is 0 Å². The zero-order valence-electron chi connectivity index (χ0n) is 13.8. The molecule has 0 atom stereocenters. The Morgan fingerprint density at radius 3 is 2.36 bits per heavy atom. The molecule has 1 aliphatic rings. The molecular weight excluding hydrogens is 366 g/mol. The standard InChI is InChI=1S/C17H22ClNO5S/c18-14-8-7-12(15(20)9-10-17(21)22)11-16(14)25(23,24)19-13-5-3-1-2-4-6-13/h7-8,11,13,19H,1-6,9-10H2,(H,21,22). The lowest BCUT2D eigenvalue weighted by molar-refractivity contribution is -0.136. The second kappa shape index (κ2) is 8.78. The predicted octanol–water partition coefficient (Wildman–Crippen LogP) is 3.39. The quantitative estimate of drug-likeness (QED) is 0.551. The van der Waals surface area contributed by atoms with E-state index in [0.29, 0.717) is 0 Å². The second-order valence-electron chi connectivity index (χ2n) is 6.27. The van der Waals surface area contributed by atoms with Crippen molar-refractivity contribution in [3.05, 3.63) is 28.8 Å². The Labute approximate surface area is 152 Å². The largest absolute Gasteiger partial charge is 0.481 e. The van der Waals surface area contributed by atoms with Gasteiger partial charge in [0.1, 0.15) is 4.90 Å². The van der Waals surface area contributed by atoms with Crippen molar-refractivity contribution < 1.29 is 23.1 Å². The lowest BCUT2D eigenvalue weighted by Gasteiger charge is -2.17. The monoisotopic (exact) mass is 387 g/mol. The van der Waals surface area contributed by atoms with Gasteiger partial charge in [-0.1, -0.05) is 37.3 Å². The van der Waals surface area contributed by atoms with Crippen molar-refractivity contribution in [3.63, 3.8) is 0 Å². The summed E-state index contributed by atoms with van der Waals surface area (Å²) in [7, 11) is -3.84. The molecular formula is C17H22ClNO5S.